The van der Waals surface area contributed by atoms with Crippen LogP contribution in [-0.2, 0) is 4.74 Å². The van der Waals surface area contributed by atoms with Crippen molar-refractivity contribution >= 4 is 11.6 Å². The SMILES string of the molecule is CC1(C)CCC(C/C=C/Cl)O1. The lowest BCUT2D eigenvalue weighted by Gasteiger charge is -2.18. The molecule has 0 aromatic rings. The molecule has 11 heavy (non-hydrogen) atoms. The largest absolute Gasteiger partial charge is 0.372 e. The maximum Gasteiger partial charge on any atom is 0.0631 e. The van der Waals surface area contributed by atoms with Gasteiger partial charge in [-0.1, -0.05) is 17.7 Å². The monoisotopic (exact) mass is 174 g/mol. The third-order valence-corrected chi connectivity index (χ3v) is 2.22. The molecule has 1 heterocycles. The van der Waals surface area contributed by atoms with Gasteiger partial charge in [-0.15, -0.1) is 0 Å². The minimum atomic E-state index is 0.0881. The molecular weight excluding hydrogens is 160 g/mol. The molecule has 0 radical (unpaired) electrons. The van der Waals surface area contributed by atoms with Crippen LogP contribution in [-0.4, -0.2) is 11.7 Å². The number of hydrogen-bond donors (Lipinski definition) is 0. The van der Waals surface area contributed by atoms with E-state index in [1.807, 2.05) is 6.08 Å². The third-order valence-electron chi connectivity index (χ3n) is 2.04. The summed E-state index contributed by atoms with van der Waals surface area (Å²) >= 11 is 5.41. The Morgan fingerprint density at radius 2 is 2.36 bits per heavy atom. The number of halogens is 1. The van der Waals surface area contributed by atoms with Gasteiger partial charge in [0.1, 0.15) is 0 Å². The van der Waals surface area contributed by atoms with Gasteiger partial charge in [0.15, 0.2) is 0 Å². The van der Waals surface area contributed by atoms with E-state index in [0.717, 1.165) is 19.3 Å². The Morgan fingerprint density at radius 3 is 2.82 bits per heavy atom. The molecule has 1 aliphatic rings. The Bertz CT molecular complexity index is 152. The summed E-state index contributed by atoms with van der Waals surface area (Å²) < 4.78 is 5.74. The van der Waals surface area contributed by atoms with Crippen LogP contribution in [0.15, 0.2) is 11.6 Å². The van der Waals surface area contributed by atoms with Crippen LogP contribution in [0.5, 0.6) is 0 Å². The summed E-state index contributed by atoms with van der Waals surface area (Å²) in [5, 5.41) is 0. The van der Waals surface area contributed by atoms with Crippen molar-refractivity contribution in [2.24, 2.45) is 0 Å². The second kappa shape index (κ2) is 3.59. The zero-order chi connectivity index (χ0) is 8.32. The van der Waals surface area contributed by atoms with Gasteiger partial charge in [-0.05, 0) is 33.1 Å². The van der Waals surface area contributed by atoms with Crippen LogP contribution in [0.1, 0.15) is 33.1 Å². The summed E-state index contributed by atoms with van der Waals surface area (Å²) in [7, 11) is 0. The smallest absolute Gasteiger partial charge is 0.0631 e. The van der Waals surface area contributed by atoms with E-state index in [1.165, 1.54) is 0 Å². The van der Waals surface area contributed by atoms with Gasteiger partial charge in [0.25, 0.3) is 0 Å². The molecule has 0 aromatic heterocycles. The standard InChI is InChI=1S/C9H15ClO/c1-9(2)6-5-8(11-9)4-3-7-10/h3,7-8H,4-6H2,1-2H3/b7-3+. The lowest BCUT2D eigenvalue weighted by molar-refractivity contribution is -0.0134. The van der Waals surface area contributed by atoms with Crippen molar-refractivity contribution < 1.29 is 4.74 Å². The van der Waals surface area contributed by atoms with E-state index in [0.29, 0.717) is 6.10 Å². The quantitative estimate of drug-likeness (QED) is 0.625. The molecule has 0 bridgehead atoms. The van der Waals surface area contributed by atoms with Crippen molar-refractivity contribution in [3.63, 3.8) is 0 Å². The van der Waals surface area contributed by atoms with Crippen molar-refractivity contribution in [2.45, 2.75) is 44.8 Å². The third kappa shape index (κ3) is 2.84. The second-order valence-electron chi connectivity index (χ2n) is 3.64. The Morgan fingerprint density at radius 1 is 1.64 bits per heavy atom. The zero-order valence-corrected chi connectivity index (χ0v) is 7.90. The summed E-state index contributed by atoms with van der Waals surface area (Å²) in [6.07, 6.45) is 5.61. The van der Waals surface area contributed by atoms with Crippen molar-refractivity contribution in [1.29, 1.82) is 0 Å². The van der Waals surface area contributed by atoms with Crippen LogP contribution in [0, 0.1) is 0 Å². The van der Waals surface area contributed by atoms with E-state index in [9.17, 15) is 0 Å². The first-order chi connectivity index (χ1) is 5.14. The molecule has 1 nitrogen and oxygen atoms in total. The van der Waals surface area contributed by atoms with Gasteiger partial charge in [-0.25, -0.2) is 0 Å². The van der Waals surface area contributed by atoms with Crippen LogP contribution < -0.4 is 0 Å². The molecule has 1 atom stereocenters. The van der Waals surface area contributed by atoms with Gasteiger partial charge in [-0.2, -0.15) is 0 Å². The molecule has 2 heteroatoms. The van der Waals surface area contributed by atoms with E-state index in [4.69, 9.17) is 16.3 Å². The maximum atomic E-state index is 5.74. The second-order valence-corrected chi connectivity index (χ2v) is 3.89. The molecule has 0 aromatic carbocycles. The van der Waals surface area contributed by atoms with E-state index in [-0.39, 0.29) is 5.60 Å². The molecule has 1 fully saturated rings. The van der Waals surface area contributed by atoms with Gasteiger partial charge >= 0.3 is 0 Å². The molecule has 0 aliphatic carbocycles. The normalized spacial score (nSPS) is 29.9. The van der Waals surface area contributed by atoms with Gasteiger partial charge in [0.2, 0.25) is 0 Å². The summed E-state index contributed by atoms with van der Waals surface area (Å²) in [4.78, 5) is 0. The minimum Gasteiger partial charge on any atom is -0.372 e. The van der Waals surface area contributed by atoms with Crippen molar-refractivity contribution in [2.75, 3.05) is 0 Å². The van der Waals surface area contributed by atoms with Gasteiger partial charge in [0, 0.05) is 5.54 Å². The molecule has 1 rings (SSSR count). The average molecular weight is 175 g/mol. The fraction of sp³-hybridized carbons (Fsp3) is 0.778. The summed E-state index contributed by atoms with van der Waals surface area (Å²) in [5.41, 5.74) is 1.65. The van der Waals surface area contributed by atoms with Crippen LogP contribution in [0.2, 0.25) is 0 Å². The van der Waals surface area contributed by atoms with Crippen molar-refractivity contribution in [1.82, 2.24) is 0 Å². The molecule has 0 amide bonds. The fourth-order valence-corrected chi connectivity index (χ4v) is 1.55. The molecule has 0 N–H and O–H groups in total. The minimum absolute atomic E-state index is 0.0881. The van der Waals surface area contributed by atoms with Gasteiger partial charge < -0.3 is 4.74 Å². The predicted molar refractivity (Wildman–Crippen MR) is 47.8 cm³/mol. The molecule has 1 aliphatic heterocycles. The summed E-state index contributed by atoms with van der Waals surface area (Å²) in [6.45, 7) is 4.27. The topological polar surface area (TPSA) is 9.23 Å². The molecule has 0 saturated carbocycles. The Kier molecular flexibility index (Phi) is 2.97. The summed E-state index contributed by atoms with van der Waals surface area (Å²) in [5.74, 6) is 0. The maximum absolute atomic E-state index is 5.74. The Labute approximate surface area is 73.4 Å². The highest BCUT2D eigenvalue weighted by Gasteiger charge is 2.30. The van der Waals surface area contributed by atoms with Crippen LogP contribution in [0.25, 0.3) is 0 Å². The number of ether oxygens (including phenoxy) is 1. The first kappa shape index (κ1) is 9.08. The highest BCUT2D eigenvalue weighted by atomic mass is 35.5. The highest BCUT2D eigenvalue weighted by molar-refractivity contribution is 6.25. The lowest BCUT2D eigenvalue weighted by atomic mass is 10.0. The lowest BCUT2D eigenvalue weighted by Crippen LogP contribution is -2.19. The van der Waals surface area contributed by atoms with Crippen LogP contribution in [0.4, 0.5) is 0 Å². The van der Waals surface area contributed by atoms with E-state index in [2.05, 4.69) is 13.8 Å². The Balaban J connectivity index is 2.30. The van der Waals surface area contributed by atoms with Crippen molar-refractivity contribution in [3.05, 3.63) is 11.6 Å². The van der Waals surface area contributed by atoms with E-state index >= 15 is 0 Å². The first-order valence-electron chi connectivity index (χ1n) is 4.07. The highest BCUT2D eigenvalue weighted by Crippen LogP contribution is 2.30. The molecule has 1 unspecified atom stereocenters. The fourth-order valence-electron chi connectivity index (χ4n) is 1.45. The summed E-state index contributed by atoms with van der Waals surface area (Å²) in [6, 6.07) is 0. The van der Waals surface area contributed by atoms with E-state index in [1.54, 1.807) is 5.54 Å². The first-order valence-corrected chi connectivity index (χ1v) is 4.51. The molecule has 0 spiro atoms. The van der Waals surface area contributed by atoms with Gasteiger partial charge in [-0.3, -0.25) is 0 Å². The Hall–Kier alpha value is -0.0100. The average Bonchev–Trinajstić information content (AvgIpc) is 2.26. The molecule has 64 valence electrons. The number of hydrogen-bond acceptors (Lipinski definition) is 1. The van der Waals surface area contributed by atoms with E-state index < -0.39 is 0 Å². The zero-order valence-electron chi connectivity index (χ0n) is 7.14. The van der Waals surface area contributed by atoms with Crippen LogP contribution in [0.3, 0.4) is 0 Å². The van der Waals surface area contributed by atoms with Gasteiger partial charge in [0.05, 0.1) is 11.7 Å². The molecule has 1 saturated heterocycles. The number of rotatable bonds is 2. The predicted octanol–water partition coefficient (Wildman–Crippen LogP) is 3.09. The molecular formula is C9H15ClO. The van der Waals surface area contributed by atoms with Crippen molar-refractivity contribution in [3.8, 4) is 0 Å². The van der Waals surface area contributed by atoms with Crippen LogP contribution >= 0.6 is 11.6 Å².